The molecule has 1 saturated carbocycles. The van der Waals surface area contributed by atoms with Crippen molar-refractivity contribution in [3.8, 4) is 22.8 Å². The molecular weight excluding hydrogens is 406 g/mol. The number of aliphatic hydroxyl groups excluding tert-OH is 3. The molecule has 2 unspecified atom stereocenters. The van der Waals surface area contributed by atoms with Gasteiger partial charge in [0.15, 0.2) is 5.89 Å². The van der Waals surface area contributed by atoms with E-state index >= 15 is 0 Å². The molecule has 1 heterocycles. The Morgan fingerprint density at radius 2 is 1.80 bits per heavy atom. The third-order valence-corrected chi connectivity index (χ3v) is 5.25. The van der Waals surface area contributed by atoms with Gasteiger partial charge in [0.25, 0.3) is 0 Å². The van der Waals surface area contributed by atoms with E-state index in [-0.39, 0.29) is 25.6 Å². The molecular formula is C23H26ClNO5. The molecule has 4 rings (SSSR count). The van der Waals surface area contributed by atoms with E-state index in [1.54, 1.807) is 18.4 Å². The Hall–Kier alpha value is -2.38. The summed E-state index contributed by atoms with van der Waals surface area (Å²) >= 11 is 0. The highest BCUT2D eigenvalue weighted by molar-refractivity contribution is 5.85. The minimum Gasteiger partial charge on any atom is -0.457 e. The molecule has 0 radical (unpaired) electrons. The Morgan fingerprint density at radius 1 is 1.07 bits per heavy atom. The minimum atomic E-state index is -0.932. The van der Waals surface area contributed by atoms with Gasteiger partial charge >= 0.3 is 0 Å². The fourth-order valence-electron chi connectivity index (χ4n) is 3.35. The minimum absolute atomic E-state index is 0. The quantitative estimate of drug-likeness (QED) is 0.463. The second kappa shape index (κ2) is 10.1. The van der Waals surface area contributed by atoms with Crippen molar-refractivity contribution < 1.29 is 24.5 Å². The molecule has 0 amide bonds. The number of ether oxygens (including phenoxy) is 1. The summed E-state index contributed by atoms with van der Waals surface area (Å²) in [6, 6.07) is 14.7. The first-order chi connectivity index (χ1) is 14.2. The molecule has 2 aromatic carbocycles. The fraction of sp³-hybridized carbons (Fsp3) is 0.348. The summed E-state index contributed by atoms with van der Waals surface area (Å²) in [6.07, 6.45) is 3.35. The van der Waals surface area contributed by atoms with Crippen LogP contribution in [-0.4, -0.2) is 33.5 Å². The van der Waals surface area contributed by atoms with Crippen molar-refractivity contribution in [2.24, 2.45) is 5.92 Å². The van der Waals surface area contributed by atoms with Crippen molar-refractivity contribution in [1.82, 2.24) is 4.98 Å². The van der Waals surface area contributed by atoms with E-state index in [0.29, 0.717) is 29.4 Å². The molecule has 30 heavy (non-hydrogen) atoms. The molecule has 0 saturated heterocycles. The molecule has 7 heteroatoms. The summed E-state index contributed by atoms with van der Waals surface area (Å²) in [5.74, 6) is 1.97. The summed E-state index contributed by atoms with van der Waals surface area (Å²) in [4.78, 5) is 4.56. The normalized spacial score (nSPS) is 15.3. The summed E-state index contributed by atoms with van der Waals surface area (Å²) in [5, 5.41) is 29.3. The largest absolute Gasteiger partial charge is 0.457 e. The van der Waals surface area contributed by atoms with Gasteiger partial charge in [0.2, 0.25) is 0 Å². The van der Waals surface area contributed by atoms with Crippen LogP contribution in [0, 0.1) is 5.92 Å². The first kappa shape index (κ1) is 22.3. The highest BCUT2D eigenvalue weighted by Crippen LogP contribution is 2.40. The smallest absolute Gasteiger partial charge is 0.197 e. The number of para-hydroxylation sites is 1. The number of rotatable bonds is 9. The number of hydrogen-bond donors (Lipinski definition) is 3. The van der Waals surface area contributed by atoms with Gasteiger partial charge in [-0.2, -0.15) is 0 Å². The molecule has 1 aliphatic carbocycles. The number of nitrogens with zero attached hydrogens (tertiary/aromatic N) is 1. The molecule has 0 aliphatic heterocycles. The van der Waals surface area contributed by atoms with Crippen LogP contribution in [0.3, 0.4) is 0 Å². The van der Waals surface area contributed by atoms with E-state index in [1.165, 1.54) is 0 Å². The van der Waals surface area contributed by atoms with Gasteiger partial charge in [-0.3, -0.25) is 0 Å². The average molecular weight is 432 g/mol. The van der Waals surface area contributed by atoms with Crippen molar-refractivity contribution in [2.45, 2.75) is 31.3 Å². The Kier molecular flexibility index (Phi) is 7.50. The van der Waals surface area contributed by atoms with E-state index in [1.807, 2.05) is 36.4 Å². The number of aromatic nitrogens is 1. The maximum atomic E-state index is 10.6. The third kappa shape index (κ3) is 5.02. The molecule has 0 bridgehead atoms. The predicted octanol–water partition coefficient (Wildman–Crippen LogP) is 4.46. The zero-order chi connectivity index (χ0) is 20.2. The second-order valence-corrected chi connectivity index (χ2v) is 7.41. The number of aliphatic hydroxyl groups is 3. The molecule has 3 N–H and O–H groups in total. The van der Waals surface area contributed by atoms with Crippen LogP contribution >= 0.6 is 12.4 Å². The lowest BCUT2D eigenvalue weighted by Crippen LogP contribution is -2.18. The number of halogens is 1. The highest BCUT2D eigenvalue weighted by Gasteiger charge is 2.28. The lowest BCUT2D eigenvalue weighted by Gasteiger charge is -2.22. The molecule has 0 spiro atoms. The van der Waals surface area contributed by atoms with Gasteiger partial charge in [-0.1, -0.05) is 18.2 Å². The van der Waals surface area contributed by atoms with Gasteiger partial charge < -0.3 is 24.5 Å². The van der Waals surface area contributed by atoms with Crippen LogP contribution in [-0.2, 0) is 0 Å². The van der Waals surface area contributed by atoms with Crippen molar-refractivity contribution in [3.63, 3.8) is 0 Å². The second-order valence-electron chi connectivity index (χ2n) is 7.41. The summed E-state index contributed by atoms with van der Waals surface area (Å²) < 4.78 is 11.6. The zero-order valence-corrected chi connectivity index (χ0v) is 17.3. The van der Waals surface area contributed by atoms with Crippen LogP contribution in [0.4, 0.5) is 0 Å². The van der Waals surface area contributed by atoms with Crippen LogP contribution < -0.4 is 4.74 Å². The predicted molar refractivity (Wildman–Crippen MR) is 115 cm³/mol. The molecule has 1 aliphatic rings. The number of hydrogen-bond acceptors (Lipinski definition) is 6. The molecule has 2 atom stereocenters. The van der Waals surface area contributed by atoms with Crippen molar-refractivity contribution in [1.29, 1.82) is 0 Å². The summed E-state index contributed by atoms with van der Waals surface area (Å²) in [6.45, 7) is -0.317. The van der Waals surface area contributed by atoms with Crippen LogP contribution in [0.1, 0.15) is 42.7 Å². The van der Waals surface area contributed by atoms with E-state index < -0.39 is 12.0 Å². The fourth-order valence-corrected chi connectivity index (χ4v) is 3.35. The molecule has 1 fully saturated rings. The van der Waals surface area contributed by atoms with Gasteiger partial charge in [0.1, 0.15) is 23.5 Å². The van der Waals surface area contributed by atoms with E-state index in [4.69, 9.17) is 14.3 Å². The maximum absolute atomic E-state index is 10.6. The Labute approximate surface area is 181 Å². The summed E-state index contributed by atoms with van der Waals surface area (Å²) in [7, 11) is 0. The Morgan fingerprint density at radius 3 is 2.47 bits per heavy atom. The van der Waals surface area contributed by atoms with Crippen LogP contribution in [0.25, 0.3) is 11.3 Å². The van der Waals surface area contributed by atoms with Gasteiger partial charge in [-0.05, 0) is 49.6 Å². The van der Waals surface area contributed by atoms with E-state index in [9.17, 15) is 10.2 Å². The highest BCUT2D eigenvalue weighted by atomic mass is 35.5. The van der Waals surface area contributed by atoms with Gasteiger partial charge in [0.05, 0.1) is 6.10 Å². The maximum Gasteiger partial charge on any atom is 0.197 e. The lowest BCUT2D eigenvalue weighted by molar-refractivity contribution is 0.0497. The zero-order valence-electron chi connectivity index (χ0n) is 16.5. The van der Waals surface area contributed by atoms with Crippen molar-refractivity contribution >= 4 is 12.4 Å². The van der Waals surface area contributed by atoms with Crippen molar-refractivity contribution in [2.75, 3.05) is 13.2 Å². The van der Waals surface area contributed by atoms with Crippen LogP contribution in [0.15, 0.2) is 59.2 Å². The summed E-state index contributed by atoms with van der Waals surface area (Å²) in [5.41, 5.74) is 2.34. The lowest BCUT2D eigenvalue weighted by atomic mass is 9.93. The average Bonchev–Trinajstić information content (AvgIpc) is 3.49. The van der Waals surface area contributed by atoms with Crippen LogP contribution in [0.2, 0.25) is 0 Å². The monoisotopic (exact) mass is 431 g/mol. The Balaban J connectivity index is 0.00000256. The van der Waals surface area contributed by atoms with Gasteiger partial charge in [-0.15, -0.1) is 12.4 Å². The van der Waals surface area contributed by atoms with Crippen molar-refractivity contribution in [3.05, 3.63) is 66.2 Å². The van der Waals surface area contributed by atoms with Gasteiger partial charge in [0, 0.05) is 36.2 Å². The van der Waals surface area contributed by atoms with E-state index in [0.717, 1.165) is 30.0 Å². The van der Waals surface area contributed by atoms with E-state index in [2.05, 4.69) is 4.98 Å². The molecule has 160 valence electrons. The first-order valence-corrected chi connectivity index (χ1v) is 9.92. The number of benzene rings is 2. The number of oxazole rings is 1. The topological polar surface area (TPSA) is 96.0 Å². The Bertz CT molecular complexity index is 939. The SMILES string of the molecule is Cl.OCCC(CO)C(O)c1ccccc1Oc1ccc(-c2coc(C3CC3)n2)cc1. The standard InChI is InChI=1S/C23H25NO5.ClH/c25-12-11-17(13-26)22(27)19-3-1-2-4-21(19)29-18-9-7-15(8-10-18)20-14-28-23(24-20)16-5-6-16;/h1-4,7-10,14,16-17,22,25-27H,5-6,11-13H2;1H. The first-order valence-electron chi connectivity index (χ1n) is 9.92. The third-order valence-electron chi connectivity index (χ3n) is 5.25. The van der Waals surface area contributed by atoms with Crippen LogP contribution in [0.5, 0.6) is 11.5 Å². The molecule has 3 aromatic rings. The molecule has 1 aromatic heterocycles. The molecule has 6 nitrogen and oxygen atoms in total. The van der Waals surface area contributed by atoms with Gasteiger partial charge in [-0.25, -0.2) is 4.98 Å².